The fourth-order valence-electron chi connectivity index (χ4n) is 0.641. The topological polar surface area (TPSA) is 56.0 Å². The molecule has 1 aromatic heterocycles. The third-order valence-corrected chi connectivity index (χ3v) is 2.11. The summed E-state index contributed by atoms with van der Waals surface area (Å²) >= 11 is 3.24. The predicted molar refractivity (Wildman–Crippen MR) is 45.2 cm³/mol. The molecule has 0 saturated heterocycles. The van der Waals surface area contributed by atoms with Crippen molar-refractivity contribution in [2.75, 3.05) is 0 Å². The smallest absolute Gasteiger partial charge is 0.250 e. The van der Waals surface area contributed by atoms with Crippen LogP contribution in [0.2, 0.25) is 0 Å². The Labute approximate surface area is 72.7 Å². The van der Waals surface area contributed by atoms with Crippen molar-refractivity contribution >= 4 is 21.8 Å². The Bertz CT molecular complexity index is 298. The maximum atomic E-state index is 10.6. The van der Waals surface area contributed by atoms with Gasteiger partial charge >= 0.3 is 0 Å². The highest BCUT2D eigenvalue weighted by molar-refractivity contribution is 9.10. The van der Waals surface area contributed by atoms with Gasteiger partial charge in [0.15, 0.2) is 0 Å². The van der Waals surface area contributed by atoms with Crippen LogP contribution in [0.1, 0.15) is 16.1 Å². The second-order valence-corrected chi connectivity index (χ2v) is 3.01. The molecular formula is C7H7BrN2O. The SMILES string of the molecule is Cc1ncc(C(N)=O)cc1Br. The summed E-state index contributed by atoms with van der Waals surface area (Å²) < 4.78 is 0.800. The Morgan fingerprint density at radius 2 is 2.36 bits per heavy atom. The molecule has 3 nitrogen and oxygen atoms in total. The average Bonchev–Trinajstić information content (AvgIpc) is 1.94. The van der Waals surface area contributed by atoms with Gasteiger partial charge in [0.2, 0.25) is 5.91 Å². The summed E-state index contributed by atoms with van der Waals surface area (Å²) in [5.74, 6) is -0.460. The fourth-order valence-corrected chi connectivity index (χ4v) is 0.990. The third-order valence-electron chi connectivity index (χ3n) is 1.31. The molecule has 1 amide bonds. The molecule has 0 saturated carbocycles. The molecular weight excluding hydrogens is 208 g/mol. The van der Waals surface area contributed by atoms with Gasteiger partial charge in [0.25, 0.3) is 0 Å². The molecule has 0 aliphatic heterocycles. The fraction of sp³-hybridized carbons (Fsp3) is 0.143. The first-order valence-electron chi connectivity index (χ1n) is 3.03. The summed E-state index contributed by atoms with van der Waals surface area (Å²) in [6.07, 6.45) is 1.46. The van der Waals surface area contributed by atoms with Crippen molar-refractivity contribution in [1.29, 1.82) is 0 Å². The van der Waals surface area contributed by atoms with Gasteiger partial charge in [0.1, 0.15) is 0 Å². The number of halogens is 1. The number of aromatic nitrogens is 1. The Balaban J connectivity index is 3.15. The normalized spacial score (nSPS) is 9.64. The van der Waals surface area contributed by atoms with E-state index < -0.39 is 5.91 Å². The van der Waals surface area contributed by atoms with Crippen molar-refractivity contribution < 1.29 is 4.79 Å². The van der Waals surface area contributed by atoms with Crippen molar-refractivity contribution in [3.63, 3.8) is 0 Å². The minimum atomic E-state index is -0.460. The number of nitrogens with two attached hydrogens (primary N) is 1. The molecule has 1 heterocycles. The van der Waals surface area contributed by atoms with E-state index in [1.165, 1.54) is 6.20 Å². The molecule has 58 valence electrons. The van der Waals surface area contributed by atoms with Crippen molar-refractivity contribution in [1.82, 2.24) is 4.98 Å². The molecule has 0 spiro atoms. The molecule has 1 aromatic rings. The lowest BCUT2D eigenvalue weighted by atomic mass is 10.2. The van der Waals surface area contributed by atoms with Gasteiger partial charge in [-0.15, -0.1) is 0 Å². The van der Waals surface area contributed by atoms with E-state index in [-0.39, 0.29) is 0 Å². The zero-order chi connectivity index (χ0) is 8.43. The van der Waals surface area contributed by atoms with Gasteiger partial charge < -0.3 is 5.73 Å². The third kappa shape index (κ3) is 1.77. The van der Waals surface area contributed by atoms with Gasteiger partial charge in [0.05, 0.1) is 11.3 Å². The molecule has 11 heavy (non-hydrogen) atoms. The van der Waals surface area contributed by atoms with Crippen LogP contribution in [0.5, 0.6) is 0 Å². The molecule has 4 heteroatoms. The number of primary amides is 1. The number of rotatable bonds is 1. The minimum Gasteiger partial charge on any atom is -0.366 e. The van der Waals surface area contributed by atoms with Crippen LogP contribution in [0.3, 0.4) is 0 Å². The number of hydrogen-bond donors (Lipinski definition) is 1. The zero-order valence-electron chi connectivity index (χ0n) is 5.97. The van der Waals surface area contributed by atoms with Crippen LogP contribution in [-0.2, 0) is 0 Å². The van der Waals surface area contributed by atoms with Gasteiger partial charge in [-0.25, -0.2) is 0 Å². The first-order valence-corrected chi connectivity index (χ1v) is 3.82. The van der Waals surface area contributed by atoms with Gasteiger partial charge in [-0.3, -0.25) is 9.78 Å². The van der Waals surface area contributed by atoms with Crippen molar-refractivity contribution in [3.05, 3.63) is 28.0 Å². The number of pyridine rings is 1. The lowest BCUT2D eigenvalue weighted by molar-refractivity contribution is 0.1000. The highest BCUT2D eigenvalue weighted by atomic mass is 79.9. The van der Waals surface area contributed by atoms with Crippen LogP contribution in [0.25, 0.3) is 0 Å². The monoisotopic (exact) mass is 214 g/mol. The highest BCUT2D eigenvalue weighted by Gasteiger charge is 2.02. The van der Waals surface area contributed by atoms with Gasteiger partial charge in [-0.2, -0.15) is 0 Å². The molecule has 0 bridgehead atoms. The van der Waals surface area contributed by atoms with E-state index in [1.54, 1.807) is 6.07 Å². The first-order chi connectivity index (χ1) is 5.11. The maximum Gasteiger partial charge on any atom is 0.250 e. The van der Waals surface area contributed by atoms with Crippen LogP contribution >= 0.6 is 15.9 Å². The highest BCUT2D eigenvalue weighted by Crippen LogP contribution is 2.14. The van der Waals surface area contributed by atoms with Crippen LogP contribution in [-0.4, -0.2) is 10.9 Å². The van der Waals surface area contributed by atoms with E-state index in [0.29, 0.717) is 5.56 Å². The summed E-state index contributed by atoms with van der Waals surface area (Å²) in [7, 11) is 0. The summed E-state index contributed by atoms with van der Waals surface area (Å²) in [6.45, 7) is 1.84. The van der Waals surface area contributed by atoms with Gasteiger partial charge in [0, 0.05) is 10.7 Å². The number of carbonyl (C=O) groups excluding carboxylic acids is 1. The molecule has 1 rings (SSSR count). The molecule has 0 aromatic carbocycles. The molecule has 2 N–H and O–H groups in total. The van der Waals surface area contributed by atoms with Crippen LogP contribution in [0.4, 0.5) is 0 Å². The minimum absolute atomic E-state index is 0.419. The second kappa shape index (κ2) is 3.00. The standard InChI is InChI=1S/C7H7BrN2O/c1-4-6(8)2-5(3-10-4)7(9)11/h2-3H,1H3,(H2,9,11). The molecule has 0 fully saturated rings. The Morgan fingerprint density at radius 3 is 2.82 bits per heavy atom. The number of nitrogens with zero attached hydrogens (tertiary/aromatic N) is 1. The van der Waals surface area contributed by atoms with E-state index in [9.17, 15) is 4.79 Å². The van der Waals surface area contributed by atoms with Gasteiger partial charge in [-0.1, -0.05) is 0 Å². The van der Waals surface area contributed by atoms with Gasteiger partial charge in [-0.05, 0) is 28.9 Å². The van der Waals surface area contributed by atoms with E-state index in [2.05, 4.69) is 20.9 Å². The Kier molecular flexibility index (Phi) is 2.24. The van der Waals surface area contributed by atoms with E-state index >= 15 is 0 Å². The van der Waals surface area contributed by atoms with Crippen LogP contribution in [0, 0.1) is 6.92 Å². The maximum absolute atomic E-state index is 10.6. The molecule has 0 aliphatic carbocycles. The number of carbonyl (C=O) groups is 1. The number of aryl methyl sites for hydroxylation is 1. The summed E-state index contributed by atoms with van der Waals surface area (Å²) in [5.41, 5.74) is 6.29. The van der Waals surface area contributed by atoms with E-state index in [1.807, 2.05) is 6.92 Å². The van der Waals surface area contributed by atoms with Crippen molar-refractivity contribution in [2.45, 2.75) is 6.92 Å². The largest absolute Gasteiger partial charge is 0.366 e. The molecule has 0 unspecified atom stereocenters. The summed E-state index contributed by atoms with van der Waals surface area (Å²) in [5, 5.41) is 0. The number of hydrogen-bond acceptors (Lipinski definition) is 2. The average molecular weight is 215 g/mol. The Hall–Kier alpha value is -0.900. The van der Waals surface area contributed by atoms with E-state index in [4.69, 9.17) is 5.73 Å². The second-order valence-electron chi connectivity index (χ2n) is 2.16. The summed E-state index contributed by atoms with van der Waals surface area (Å²) in [6, 6.07) is 1.66. The first kappa shape index (κ1) is 8.20. The summed E-state index contributed by atoms with van der Waals surface area (Å²) in [4.78, 5) is 14.6. The van der Waals surface area contributed by atoms with E-state index in [0.717, 1.165) is 10.2 Å². The molecule has 0 radical (unpaired) electrons. The number of amides is 1. The van der Waals surface area contributed by atoms with Crippen LogP contribution in [0.15, 0.2) is 16.7 Å². The van der Waals surface area contributed by atoms with Crippen molar-refractivity contribution in [2.24, 2.45) is 5.73 Å². The molecule has 0 aliphatic rings. The predicted octanol–water partition coefficient (Wildman–Crippen LogP) is 1.25. The van der Waals surface area contributed by atoms with Crippen molar-refractivity contribution in [3.8, 4) is 0 Å². The lowest BCUT2D eigenvalue weighted by Gasteiger charge is -1.97. The quantitative estimate of drug-likeness (QED) is 0.766. The molecule has 0 atom stereocenters. The zero-order valence-corrected chi connectivity index (χ0v) is 7.55. The Morgan fingerprint density at radius 1 is 1.73 bits per heavy atom. The van der Waals surface area contributed by atoms with Crippen LogP contribution < -0.4 is 5.73 Å². The lowest BCUT2D eigenvalue weighted by Crippen LogP contribution is -2.11.